The number of nitrogens with zero attached hydrogens (tertiary/aromatic N) is 1. The maximum atomic E-state index is 12.7. The van der Waals surface area contributed by atoms with Crippen molar-refractivity contribution in [1.82, 2.24) is 4.98 Å². The Balaban J connectivity index is 1.44. The number of carbonyl (C=O) groups is 1. The van der Waals surface area contributed by atoms with Crippen LogP contribution >= 0.6 is 22.9 Å². The molecule has 4 aromatic rings. The monoisotopic (exact) mass is 482 g/mol. The van der Waals surface area contributed by atoms with E-state index in [2.05, 4.69) is 10.3 Å². The number of amides is 1. The highest BCUT2D eigenvalue weighted by atomic mass is 35.5. The predicted molar refractivity (Wildman–Crippen MR) is 128 cm³/mol. The molecule has 1 aromatic heterocycles. The van der Waals surface area contributed by atoms with Gasteiger partial charge in [0.05, 0.1) is 10.6 Å². The lowest BCUT2D eigenvalue weighted by Crippen LogP contribution is -2.12. The second kappa shape index (κ2) is 9.65. The first-order valence-electron chi connectivity index (χ1n) is 9.76. The van der Waals surface area contributed by atoms with Gasteiger partial charge in [-0.25, -0.2) is 13.4 Å². The summed E-state index contributed by atoms with van der Waals surface area (Å²) in [5.74, 6) is -0.522. The van der Waals surface area contributed by atoms with Crippen LogP contribution in [0.3, 0.4) is 0 Å². The van der Waals surface area contributed by atoms with Gasteiger partial charge in [0.1, 0.15) is 0 Å². The summed E-state index contributed by atoms with van der Waals surface area (Å²) in [6, 6.07) is 22.5. The molecule has 0 saturated heterocycles. The molecule has 0 aliphatic heterocycles. The fraction of sp³-hybridized carbons (Fsp3) is 0.0833. The molecule has 162 valence electrons. The highest BCUT2D eigenvalue weighted by molar-refractivity contribution is 7.90. The van der Waals surface area contributed by atoms with Crippen LogP contribution in [0.4, 0.5) is 5.13 Å². The van der Waals surface area contributed by atoms with E-state index < -0.39 is 9.84 Å². The van der Waals surface area contributed by atoms with Crippen molar-refractivity contribution in [3.05, 3.63) is 112 Å². The number of hydrogen-bond donors (Lipinski definition) is 1. The van der Waals surface area contributed by atoms with E-state index in [0.29, 0.717) is 27.7 Å². The molecule has 0 atom stereocenters. The van der Waals surface area contributed by atoms with Crippen molar-refractivity contribution < 1.29 is 13.2 Å². The third-order valence-corrected chi connectivity index (χ3v) is 7.54. The van der Waals surface area contributed by atoms with Gasteiger partial charge in [0.15, 0.2) is 15.0 Å². The summed E-state index contributed by atoms with van der Waals surface area (Å²) in [4.78, 5) is 18.2. The zero-order chi connectivity index (χ0) is 22.6. The maximum Gasteiger partial charge on any atom is 0.257 e. The average Bonchev–Trinajstić information content (AvgIpc) is 3.21. The second-order valence-electron chi connectivity index (χ2n) is 7.17. The minimum atomic E-state index is -3.50. The lowest BCUT2D eigenvalue weighted by Gasteiger charge is -2.07. The molecule has 5 nitrogen and oxygen atoms in total. The van der Waals surface area contributed by atoms with E-state index in [1.165, 1.54) is 11.3 Å². The third kappa shape index (κ3) is 5.62. The summed E-state index contributed by atoms with van der Waals surface area (Å²) >= 11 is 7.42. The van der Waals surface area contributed by atoms with Crippen LogP contribution in [0.15, 0.2) is 90.0 Å². The zero-order valence-electron chi connectivity index (χ0n) is 16.9. The molecule has 3 aromatic carbocycles. The second-order valence-corrected chi connectivity index (χ2v) is 10.7. The van der Waals surface area contributed by atoms with Crippen LogP contribution in [0.2, 0.25) is 5.02 Å². The highest BCUT2D eigenvalue weighted by Crippen LogP contribution is 2.23. The van der Waals surface area contributed by atoms with Crippen LogP contribution in [0.5, 0.6) is 0 Å². The number of benzene rings is 3. The van der Waals surface area contributed by atoms with Gasteiger partial charge in [-0.15, -0.1) is 11.3 Å². The molecule has 1 N–H and O–H groups in total. The lowest BCUT2D eigenvalue weighted by atomic mass is 10.1. The Morgan fingerprint density at radius 1 is 0.938 bits per heavy atom. The van der Waals surface area contributed by atoms with E-state index in [0.717, 1.165) is 10.4 Å². The molecule has 0 bridgehead atoms. The Morgan fingerprint density at radius 2 is 1.69 bits per heavy atom. The predicted octanol–water partition coefficient (Wildman–Crippen LogP) is 5.61. The number of rotatable bonds is 7. The Hall–Kier alpha value is -3.00. The first kappa shape index (κ1) is 22.2. The first-order chi connectivity index (χ1) is 15.4. The quantitative estimate of drug-likeness (QED) is 0.371. The van der Waals surface area contributed by atoms with Gasteiger partial charge >= 0.3 is 0 Å². The molecule has 8 heteroatoms. The summed E-state index contributed by atoms with van der Waals surface area (Å²) in [7, 11) is -3.50. The van der Waals surface area contributed by atoms with Crippen LogP contribution in [0.25, 0.3) is 0 Å². The van der Waals surface area contributed by atoms with Gasteiger partial charge in [0.25, 0.3) is 5.91 Å². The van der Waals surface area contributed by atoms with Gasteiger partial charge in [0.2, 0.25) is 0 Å². The molecule has 1 heterocycles. The number of halogens is 1. The van der Waals surface area contributed by atoms with Gasteiger partial charge in [0, 0.05) is 28.1 Å². The molecular formula is C24H19ClN2O3S2. The summed E-state index contributed by atoms with van der Waals surface area (Å²) in [6.07, 6.45) is 2.39. The van der Waals surface area contributed by atoms with Crippen molar-refractivity contribution in [3.63, 3.8) is 0 Å². The van der Waals surface area contributed by atoms with Crippen molar-refractivity contribution in [3.8, 4) is 0 Å². The average molecular weight is 483 g/mol. The zero-order valence-corrected chi connectivity index (χ0v) is 19.3. The van der Waals surface area contributed by atoms with Gasteiger partial charge in [-0.1, -0.05) is 54.1 Å². The number of hydrogen-bond acceptors (Lipinski definition) is 5. The number of sulfone groups is 1. The highest BCUT2D eigenvalue weighted by Gasteiger charge is 2.16. The normalized spacial score (nSPS) is 11.3. The number of nitrogens with one attached hydrogen (secondary N) is 1. The van der Waals surface area contributed by atoms with E-state index >= 15 is 0 Å². The van der Waals surface area contributed by atoms with Crippen LogP contribution in [0, 0.1) is 0 Å². The molecule has 0 spiro atoms. The lowest BCUT2D eigenvalue weighted by molar-refractivity contribution is 0.102. The summed E-state index contributed by atoms with van der Waals surface area (Å²) < 4.78 is 25.3. The van der Waals surface area contributed by atoms with Crippen LogP contribution in [-0.2, 0) is 22.0 Å². The van der Waals surface area contributed by atoms with Crippen molar-refractivity contribution >= 4 is 43.8 Å². The van der Waals surface area contributed by atoms with Gasteiger partial charge in [-0.2, -0.15) is 0 Å². The summed E-state index contributed by atoms with van der Waals surface area (Å²) in [6.45, 7) is 0. The van der Waals surface area contributed by atoms with E-state index in [1.54, 1.807) is 60.8 Å². The fourth-order valence-corrected chi connectivity index (χ4v) is 5.61. The van der Waals surface area contributed by atoms with E-state index in [4.69, 9.17) is 11.6 Å². The van der Waals surface area contributed by atoms with Crippen molar-refractivity contribution in [2.75, 3.05) is 5.32 Å². The topological polar surface area (TPSA) is 76.1 Å². The molecule has 0 aliphatic carbocycles. The largest absolute Gasteiger partial charge is 0.298 e. The third-order valence-electron chi connectivity index (χ3n) is 4.69. The van der Waals surface area contributed by atoms with Crippen molar-refractivity contribution in [1.29, 1.82) is 0 Å². The van der Waals surface area contributed by atoms with Gasteiger partial charge < -0.3 is 0 Å². The molecule has 0 unspecified atom stereocenters. The smallest absolute Gasteiger partial charge is 0.257 e. The number of carbonyl (C=O) groups excluding carboxylic acids is 1. The van der Waals surface area contributed by atoms with Crippen molar-refractivity contribution in [2.24, 2.45) is 0 Å². The molecule has 1 amide bonds. The van der Waals surface area contributed by atoms with Gasteiger partial charge in [-0.05, 0) is 47.5 Å². The summed E-state index contributed by atoms with van der Waals surface area (Å²) in [5.41, 5.74) is 1.98. The van der Waals surface area contributed by atoms with E-state index in [-0.39, 0.29) is 16.6 Å². The molecule has 32 heavy (non-hydrogen) atoms. The van der Waals surface area contributed by atoms with Crippen LogP contribution in [0.1, 0.15) is 26.4 Å². The molecule has 4 rings (SSSR count). The fourth-order valence-electron chi connectivity index (χ4n) is 3.20. The molecular weight excluding hydrogens is 464 g/mol. The molecule has 0 aliphatic rings. The molecule has 0 radical (unpaired) electrons. The van der Waals surface area contributed by atoms with Crippen LogP contribution < -0.4 is 5.32 Å². The number of aromatic nitrogens is 1. The first-order valence-corrected chi connectivity index (χ1v) is 12.6. The molecule has 0 fully saturated rings. The number of thiazole rings is 1. The maximum absolute atomic E-state index is 12.7. The van der Waals surface area contributed by atoms with Crippen LogP contribution in [-0.4, -0.2) is 19.3 Å². The van der Waals surface area contributed by atoms with Gasteiger partial charge in [-0.3, -0.25) is 10.1 Å². The minimum Gasteiger partial charge on any atom is -0.298 e. The summed E-state index contributed by atoms with van der Waals surface area (Å²) in [5, 5.41) is 3.95. The Labute approximate surface area is 195 Å². The molecule has 0 saturated carbocycles. The Kier molecular flexibility index (Phi) is 6.69. The van der Waals surface area contributed by atoms with E-state index in [1.807, 2.05) is 24.3 Å². The SMILES string of the molecule is O=C(Nc1ncc(Cc2cccc(Cl)c2)s1)c1cccc(CS(=O)(=O)c2ccccc2)c1. The number of anilines is 1. The standard InChI is InChI=1S/C24H19ClN2O3S2/c25-20-9-5-6-17(13-20)14-21-15-26-24(31-21)27-23(28)19-8-4-7-18(12-19)16-32(29,30)22-10-2-1-3-11-22/h1-13,15H,14,16H2,(H,26,27,28). The Bertz CT molecular complexity index is 1350. The van der Waals surface area contributed by atoms with E-state index in [9.17, 15) is 13.2 Å². The van der Waals surface area contributed by atoms with Crippen molar-refractivity contribution in [2.45, 2.75) is 17.1 Å². The Morgan fingerprint density at radius 3 is 2.47 bits per heavy atom. The minimum absolute atomic E-state index is 0.181.